The molecule has 166 valence electrons. The van der Waals surface area contributed by atoms with Gasteiger partial charge in [-0.3, -0.25) is 9.59 Å². The van der Waals surface area contributed by atoms with Crippen LogP contribution in [-0.2, 0) is 17.9 Å². The van der Waals surface area contributed by atoms with Crippen LogP contribution in [0, 0.1) is 5.92 Å². The fourth-order valence-corrected chi connectivity index (χ4v) is 4.42. The second-order valence-electron chi connectivity index (χ2n) is 8.89. The van der Waals surface area contributed by atoms with Crippen molar-refractivity contribution in [3.8, 4) is 0 Å². The van der Waals surface area contributed by atoms with Gasteiger partial charge >= 0.3 is 0 Å². The number of likely N-dealkylation sites (tertiary alicyclic amines) is 1. The molecule has 1 atom stereocenters. The zero-order chi connectivity index (χ0) is 22.5. The molecule has 1 N–H and O–H groups in total. The van der Waals surface area contributed by atoms with Crippen molar-refractivity contribution < 1.29 is 9.59 Å². The summed E-state index contributed by atoms with van der Waals surface area (Å²) in [6.07, 6.45) is 1.65. The summed E-state index contributed by atoms with van der Waals surface area (Å²) in [4.78, 5) is 30.1. The average Bonchev–Trinajstić information content (AvgIpc) is 2.82. The normalized spacial score (nSPS) is 16.3. The molecule has 0 aromatic heterocycles. The van der Waals surface area contributed by atoms with E-state index in [1.54, 1.807) is 0 Å². The molecule has 1 saturated heterocycles. The highest BCUT2D eigenvalue weighted by Crippen LogP contribution is 2.23. The Morgan fingerprint density at radius 3 is 2.47 bits per heavy atom. The van der Waals surface area contributed by atoms with Gasteiger partial charge < -0.3 is 15.1 Å². The number of nitrogens with one attached hydrogen (secondary N) is 1. The fraction of sp³-hybridized carbons (Fsp3) is 0.333. The first-order valence-electron chi connectivity index (χ1n) is 11.3. The molecule has 5 nitrogen and oxygen atoms in total. The van der Waals surface area contributed by atoms with Gasteiger partial charge in [0.05, 0.1) is 5.92 Å². The molecule has 0 radical (unpaired) electrons. The van der Waals surface area contributed by atoms with Gasteiger partial charge in [0.1, 0.15) is 0 Å². The number of fused-ring (bicyclic) bond motifs is 1. The first-order chi connectivity index (χ1) is 15.5. The maximum absolute atomic E-state index is 13.3. The zero-order valence-corrected chi connectivity index (χ0v) is 18.9. The lowest BCUT2D eigenvalue weighted by Gasteiger charge is -2.32. The Morgan fingerprint density at radius 2 is 1.69 bits per heavy atom. The Hall–Kier alpha value is -3.18. The molecule has 32 heavy (non-hydrogen) atoms. The van der Waals surface area contributed by atoms with E-state index in [1.807, 2.05) is 61.5 Å². The lowest BCUT2D eigenvalue weighted by molar-refractivity contribution is -0.126. The third-order valence-corrected chi connectivity index (χ3v) is 6.09. The summed E-state index contributed by atoms with van der Waals surface area (Å²) in [5.74, 6) is -0.135. The summed E-state index contributed by atoms with van der Waals surface area (Å²) in [6, 6.07) is 22.1. The second-order valence-corrected chi connectivity index (χ2v) is 8.89. The minimum atomic E-state index is -0.171. The molecule has 3 aromatic carbocycles. The molecule has 1 aliphatic rings. The van der Waals surface area contributed by atoms with E-state index in [0.717, 1.165) is 35.7 Å². The molecule has 5 heteroatoms. The van der Waals surface area contributed by atoms with Crippen LogP contribution in [0.25, 0.3) is 10.8 Å². The topological polar surface area (TPSA) is 52.7 Å². The molecule has 2 amide bonds. The Morgan fingerprint density at radius 1 is 0.969 bits per heavy atom. The van der Waals surface area contributed by atoms with E-state index < -0.39 is 0 Å². The van der Waals surface area contributed by atoms with Crippen LogP contribution in [0.1, 0.15) is 34.3 Å². The predicted molar refractivity (Wildman–Crippen MR) is 128 cm³/mol. The largest absolute Gasteiger partial charge is 0.352 e. The maximum atomic E-state index is 13.3. The summed E-state index contributed by atoms with van der Waals surface area (Å²) in [6.45, 7) is 2.57. The third kappa shape index (κ3) is 5.17. The van der Waals surface area contributed by atoms with Gasteiger partial charge in [-0.25, -0.2) is 0 Å². The van der Waals surface area contributed by atoms with Gasteiger partial charge in [-0.15, -0.1) is 0 Å². The van der Waals surface area contributed by atoms with Gasteiger partial charge in [0.2, 0.25) is 5.91 Å². The van der Waals surface area contributed by atoms with Crippen LogP contribution in [0.3, 0.4) is 0 Å². The number of carbonyl (C=O) groups excluding carboxylic acids is 2. The quantitative estimate of drug-likeness (QED) is 0.643. The first kappa shape index (κ1) is 22.0. The van der Waals surface area contributed by atoms with Crippen molar-refractivity contribution in [3.63, 3.8) is 0 Å². The highest BCUT2D eigenvalue weighted by atomic mass is 16.2. The van der Waals surface area contributed by atoms with Crippen LogP contribution in [0.4, 0.5) is 0 Å². The highest BCUT2D eigenvalue weighted by Gasteiger charge is 2.29. The van der Waals surface area contributed by atoms with Crippen LogP contribution in [-0.4, -0.2) is 48.8 Å². The third-order valence-electron chi connectivity index (χ3n) is 6.09. The van der Waals surface area contributed by atoms with E-state index in [2.05, 4.69) is 34.5 Å². The smallest absolute Gasteiger partial charge is 0.254 e. The number of hydrogen-bond donors (Lipinski definition) is 1. The number of rotatable bonds is 6. The predicted octanol–water partition coefficient (Wildman–Crippen LogP) is 4.07. The number of amides is 2. The van der Waals surface area contributed by atoms with Crippen LogP contribution >= 0.6 is 0 Å². The molecule has 1 unspecified atom stereocenters. The maximum Gasteiger partial charge on any atom is 0.254 e. The SMILES string of the molecule is CN(C)Cc1ccc(CNC(=O)C2CCCN(C(=O)c3cccc4ccccc34)C2)cc1. The molecule has 0 bridgehead atoms. The number of benzene rings is 3. The highest BCUT2D eigenvalue weighted by molar-refractivity contribution is 6.07. The molecule has 0 aliphatic carbocycles. The standard InChI is InChI=1S/C27H31N3O2/c1-29(2)18-21-14-12-20(13-15-21)17-28-26(31)23-9-6-16-30(19-23)27(32)25-11-5-8-22-7-3-4-10-24(22)25/h3-5,7-8,10-15,23H,6,9,16-19H2,1-2H3,(H,28,31). The van der Waals surface area contributed by atoms with Crippen molar-refractivity contribution in [2.75, 3.05) is 27.2 Å². The van der Waals surface area contributed by atoms with Crippen LogP contribution in [0.2, 0.25) is 0 Å². The van der Waals surface area contributed by atoms with Crippen molar-refractivity contribution in [2.45, 2.75) is 25.9 Å². The summed E-state index contributed by atoms with van der Waals surface area (Å²) < 4.78 is 0. The molecule has 0 saturated carbocycles. The lowest BCUT2D eigenvalue weighted by atomic mass is 9.95. The lowest BCUT2D eigenvalue weighted by Crippen LogP contribution is -2.45. The van der Waals surface area contributed by atoms with E-state index in [0.29, 0.717) is 25.2 Å². The van der Waals surface area contributed by atoms with Gasteiger partial charge in [0.25, 0.3) is 5.91 Å². The van der Waals surface area contributed by atoms with E-state index in [9.17, 15) is 9.59 Å². The van der Waals surface area contributed by atoms with Gasteiger partial charge in [-0.1, -0.05) is 60.7 Å². The Labute approximate surface area is 190 Å². The molecule has 1 aliphatic heterocycles. The summed E-state index contributed by atoms with van der Waals surface area (Å²) >= 11 is 0. The molecular formula is C27H31N3O2. The minimum Gasteiger partial charge on any atom is -0.352 e. The van der Waals surface area contributed by atoms with Crippen LogP contribution in [0.15, 0.2) is 66.7 Å². The Kier molecular flexibility index (Phi) is 6.86. The van der Waals surface area contributed by atoms with Crippen LogP contribution < -0.4 is 5.32 Å². The van der Waals surface area contributed by atoms with E-state index in [4.69, 9.17) is 0 Å². The fourth-order valence-electron chi connectivity index (χ4n) is 4.42. The van der Waals surface area contributed by atoms with E-state index in [-0.39, 0.29) is 17.7 Å². The molecule has 1 fully saturated rings. The van der Waals surface area contributed by atoms with Gasteiger partial charge in [-0.05, 0) is 54.9 Å². The Balaban J connectivity index is 1.37. The molecule has 0 spiro atoms. The van der Waals surface area contributed by atoms with Crippen molar-refractivity contribution in [2.24, 2.45) is 5.92 Å². The molecule has 3 aromatic rings. The minimum absolute atomic E-state index is 0.00998. The number of piperidine rings is 1. The second kappa shape index (κ2) is 9.96. The summed E-state index contributed by atoms with van der Waals surface area (Å²) in [7, 11) is 4.10. The van der Waals surface area contributed by atoms with Gasteiger partial charge in [0, 0.05) is 31.7 Å². The van der Waals surface area contributed by atoms with E-state index in [1.165, 1.54) is 5.56 Å². The summed E-state index contributed by atoms with van der Waals surface area (Å²) in [5, 5.41) is 5.09. The number of hydrogen-bond acceptors (Lipinski definition) is 3. The van der Waals surface area contributed by atoms with Crippen molar-refractivity contribution in [1.29, 1.82) is 0 Å². The molecular weight excluding hydrogens is 398 g/mol. The average molecular weight is 430 g/mol. The summed E-state index contributed by atoms with van der Waals surface area (Å²) in [5.41, 5.74) is 3.04. The van der Waals surface area contributed by atoms with Crippen molar-refractivity contribution >= 4 is 22.6 Å². The van der Waals surface area contributed by atoms with Gasteiger partial charge in [0.15, 0.2) is 0 Å². The number of nitrogens with zero attached hydrogens (tertiary/aromatic N) is 2. The zero-order valence-electron chi connectivity index (χ0n) is 18.9. The van der Waals surface area contributed by atoms with E-state index >= 15 is 0 Å². The molecule has 4 rings (SSSR count). The Bertz CT molecular complexity index is 1090. The van der Waals surface area contributed by atoms with Crippen molar-refractivity contribution in [3.05, 3.63) is 83.4 Å². The first-order valence-corrected chi connectivity index (χ1v) is 11.3. The molecule has 1 heterocycles. The number of carbonyl (C=O) groups is 2. The monoisotopic (exact) mass is 429 g/mol. The van der Waals surface area contributed by atoms with Crippen molar-refractivity contribution in [1.82, 2.24) is 15.1 Å². The van der Waals surface area contributed by atoms with Crippen LogP contribution in [0.5, 0.6) is 0 Å². The van der Waals surface area contributed by atoms with Gasteiger partial charge in [-0.2, -0.15) is 0 Å².